The fourth-order valence-electron chi connectivity index (χ4n) is 2.22. The molecule has 0 aliphatic carbocycles. The van der Waals surface area contributed by atoms with E-state index in [2.05, 4.69) is 20.6 Å². The molecule has 1 aromatic heterocycles. The van der Waals surface area contributed by atoms with E-state index < -0.39 is 6.55 Å². The molecule has 7 nitrogen and oxygen atoms in total. The Hall–Kier alpha value is -2.11. The Morgan fingerprint density at radius 2 is 1.96 bits per heavy atom. The van der Waals surface area contributed by atoms with E-state index in [1.807, 2.05) is 12.1 Å². The summed E-state index contributed by atoms with van der Waals surface area (Å²) in [5.41, 5.74) is 0.903. The van der Waals surface area contributed by atoms with Crippen molar-refractivity contribution in [3.8, 4) is 11.5 Å². The van der Waals surface area contributed by atoms with Gasteiger partial charge in [-0.15, -0.1) is 24.0 Å². The monoisotopic (exact) mass is 481 g/mol. The van der Waals surface area contributed by atoms with E-state index in [0.29, 0.717) is 24.0 Å². The van der Waals surface area contributed by atoms with Crippen LogP contribution in [-0.4, -0.2) is 36.8 Å². The molecule has 0 aliphatic heterocycles. The van der Waals surface area contributed by atoms with Gasteiger partial charge in [0.25, 0.3) is 0 Å². The van der Waals surface area contributed by atoms with E-state index in [1.54, 1.807) is 27.3 Å². The lowest BCUT2D eigenvalue weighted by Gasteiger charge is -2.14. The van der Waals surface area contributed by atoms with Crippen LogP contribution in [0, 0.1) is 0 Å². The molecule has 0 radical (unpaired) electrons. The Morgan fingerprint density at radius 1 is 1.23 bits per heavy atom. The Balaban J connectivity index is 0.00000338. The van der Waals surface area contributed by atoms with E-state index in [0.717, 1.165) is 10.1 Å². The molecule has 0 spiro atoms. The van der Waals surface area contributed by atoms with Gasteiger partial charge in [-0.1, -0.05) is 0 Å². The number of methoxy groups -OCH3 is 2. The van der Waals surface area contributed by atoms with Gasteiger partial charge in [0.1, 0.15) is 17.3 Å². The van der Waals surface area contributed by atoms with E-state index in [4.69, 9.17) is 9.47 Å². The van der Waals surface area contributed by atoms with Crippen molar-refractivity contribution in [2.45, 2.75) is 19.6 Å². The fourth-order valence-corrected chi connectivity index (χ4v) is 2.22. The van der Waals surface area contributed by atoms with Crippen LogP contribution in [0.25, 0.3) is 0 Å². The molecule has 0 saturated carbocycles. The SMILES string of the molecule is CN=C(NCc1ccc(OC)cc1OC)NCc1nccn1C(F)F.I. The number of rotatable bonds is 7. The number of halogens is 3. The lowest BCUT2D eigenvalue weighted by Crippen LogP contribution is -2.37. The Morgan fingerprint density at radius 3 is 2.58 bits per heavy atom. The minimum Gasteiger partial charge on any atom is -0.497 e. The van der Waals surface area contributed by atoms with Crippen LogP contribution in [0.4, 0.5) is 8.78 Å². The van der Waals surface area contributed by atoms with Gasteiger partial charge in [0, 0.05) is 37.6 Å². The number of aliphatic imine (C=N–C) groups is 1. The predicted molar refractivity (Wildman–Crippen MR) is 105 cm³/mol. The third-order valence-corrected chi connectivity index (χ3v) is 3.54. The summed E-state index contributed by atoms with van der Waals surface area (Å²) in [7, 11) is 4.76. The quantitative estimate of drug-likeness (QED) is 0.362. The molecule has 0 unspecified atom stereocenters. The van der Waals surface area contributed by atoms with E-state index >= 15 is 0 Å². The second-order valence-corrected chi connectivity index (χ2v) is 4.99. The van der Waals surface area contributed by atoms with Gasteiger partial charge in [0.2, 0.25) is 0 Å². The van der Waals surface area contributed by atoms with Gasteiger partial charge in [0.05, 0.1) is 20.8 Å². The molecule has 2 aromatic rings. The number of benzene rings is 1. The molecule has 1 heterocycles. The van der Waals surface area contributed by atoms with Crippen LogP contribution in [0.2, 0.25) is 0 Å². The first-order chi connectivity index (χ1) is 12.1. The first-order valence-corrected chi connectivity index (χ1v) is 7.54. The summed E-state index contributed by atoms with van der Waals surface area (Å²) in [6, 6.07) is 5.49. The van der Waals surface area contributed by atoms with Gasteiger partial charge in [-0.2, -0.15) is 8.78 Å². The molecular formula is C16H22F2IN5O2. The van der Waals surface area contributed by atoms with Crippen molar-refractivity contribution in [2.24, 2.45) is 4.99 Å². The highest BCUT2D eigenvalue weighted by Gasteiger charge is 2.12. The van der Waals surface area contributed by atoms with Crippen molar-refractivity contribution >= 4 is 29.9 Å². The molecule has 0 fully saturated rings. The number of guanidine groups is 1. The summed E-state index contributed by atoms with van der Waals surface area (Å²) in [4.78, 5) is 7.98. The first kappa shape index (κ1) is 21.9. The molecule has 0 atom stereocenters. The molecule has 2 N–H and O–H groups in total. The molecule has 0 saturated heterocycles. The third-order valence-electron chi connectivity index (χ3n) is 3.54. The zero-order valence-corrected chi connectivity index (χ0v) is 17.0. The van der Waals surface area contributed by atoms with E-state index in [-0.39, 0.29) is 36.3 Å². The molecule has 26 heavy (non-hydrogen) atoms. The summed E-state index contributed by atoms with van der Waals surface area (Å²) in [5.74, 6) is 2.05. The lowest BCUT2D eigenvalue weighted by molar-refractivity contribution is 0.0668. The molecule has 1 aromatic carbocycles. The van der Waals surface area contributed by atoms with Gasteiger partial charge in [-0.25, -0.2) is 4.98 Å². The largest absolute Gasteiger partial charge is 0.497 e. The molecule has 0 bridgehead atoms. The van der Waals surface area contributed by atoms with Crippen molar-refractivity contribution in [2.75, 3.05) is 21.3 Å². The Kier molecular flexibility index (Phi) is 9.10. The van der Waals surface area contributed by atoms with Crippen molar-refractivity contribution in [1.82, 2.24) is 20.2 Å². The number of imidazole rings is 1. The number of hydrogen-bond acceptors (Lipinski definition) is 4. The number of ether oxygens (including phenoxy) is 2. The molecule has 10 heteroatoms. The normalized spacial score (nSPS) is 11.1. The smallest absolute Gasteiger partial charge is 0.319 e. The second-order valence-electron chi connectivity index (χ2n) is 4.99. The van der Waals surface area contributed by atoms with Gasteiger partial charge in [-0.3, -0.25) is 9.56 Å². The van der Waals surface area contributed by atoms with Crippen LogP contribution in [-0.2, 0) is 13.1 Å². The van der Waals surface area contributed by atoms with Crippen LogP contribution in [0.15, 0.2) is 35.6 Å². The number of hydrogen-bond donors (Lipinski definition) is 2. The molecule has 0 amide bonds. The van der Waals surface area contributed by atoms with Gasteiger partial charge >= 0.3 is 6.55 Å². The van der Waals surface area contributed by atoms with E-state index in [9.17, 15) is 8.78 Å². The predicted octanol–water partition coefficient (Wildman–Crippen LogP) is 2.78. The van der Waals surface area contributed by atoms with Crippen molar-refractivity contribution < 1.29 is 18.3 Å². The highest BCUT2D eigenvalue weighted by atomic mass is 127. The maximum absolute atomic E-state index is 12.8. The fraction of sp³-hybridized carbons (Fsp3) is 0.375. The zero-order chi connectivity index (χ0) is 18.2. The molecule has 0 aliphatic rings. The number of aromatic nitrogens is 2. The van der Waals surface area contributed by atoms with Gasteiger partial charge in [0.15, 0.2) is 5.96 Å². The van der Waals surface area contributed by atoms with Crippen molar-refractivity contribution in [3.05, 3.63) is 42.0 Å². The third kappa shape index (κ3) is 5.71. The summed E-state index contributed by atoms with van der Waals surface area (Å²) in [6.07, 6.45) is 2.57. The van der Waals surface area contributed by atoms with Crippen LogP contribution in [0.1, 0.15) is 17.9 Å². The Labute approximate surface area is 167 Å². The summed E-state index contributed by atoms with van der Waals surface area (Å²) in [6.45, 7) is -2.06. The summed E-state index contributed by atoms with van der Waals surface area (Å²) in [5, 5.41) is 6.06. The topological polar surface area (TPSA) is 72.7 Å². The van der Waals surface area contributed by atoms with Crippen LogP contribution >= 0.6 is 24.0 Å². The average molecular weight is 481 g/mol. The minimum atomic E-state index is -2.63. The highest BCUT2D eigenvalue weighted by molar-refractivity contribution is 14.0. The Bertz CT molecular complexity index is 724. The maximum atomic E-state index is 12.8. The van der Waals surface area contributed by atoms with E-state index in [1.165, 1.54) is 12.4 Å². The van der Waals surface area contributed by atoms with Crippen LogP contribution < -0.4 is 20.1 Å². The number of alkyl halides is 2. The maximum Gasteiger partial charge on any atom is 0.319 e. The standard InChI is InChI=1S/C16H21F2N5O2.HI/c1-19-16(22-10-14-20-6-7-23(14)15(17)18)21-9-11-4-5-12(24-2)8-13(11)25-3;/h4-8,15H,9-10H2,1-3H3,(H2,19,21,22);1H. The first-order valence-electron chi connectivity index (χ1n) is 7.54. The molecule has 2 rings (SSSR count). The minimum absolute atomic E-state index is 0. The summed E-state index contributed by atoms with van der Waals surface area (Å²) < 4.78 is 36.9. The van der Waals surface area contributed by atoms with Crippen molar-refractivity contribution in [3.63, 3.8) is 0 Å². The second kappa shape index (κ2) is 10.8. The van der Waals surface area contributed by atoms with Gasteiger partial charge < -0.3 is 20.1 Å². The molecule has 144 valence electrons. The van der Waals surface area contributed by atoms with Crippen LogP contribution in [0.5, 0.6) is 11.5 Å². The number of nitrogens with zero attached hydrogens (tertiary/aromatic N) is 3. The zero-order valence-electron chi connectivity index (χ0n) is 14.7. The average Bonchev–Trinajstić information content (AvgIpc) is 3.10. The van der Waals surface area contributed by atoms with Crippen LogP contribution in [0.3, 0.4) is 0 Å². The van der Waals surface area contributed by atoms with Gasteiger partial charge in [-0.05, 0) is 12.1 Å². The van der Waals surface area contributed by atoms with Crippen molar-refractivity contribution in [1.29, 1.82) is 0 Å². The summed E-state index contributed by atoms with van der Waals surface area (Å²) >= 11 is 0. The molecular weight excluding hydrogens is 459 g/mol. The number of nitrogens with one attached hydrogen (secondary N) is 2. The highest BCUT2D eigenvalue weighted by Crippen LogP contribution is 2.24. The lowest BCUT2D eigenvalue weighted by atomic mass is 10.2.